The van der Waals surface area contributed by atoms with Crippen molar-refractivity contribution in [3.8, 4) is 11.1 Å². The highest BCUT2D eigenvalue weighted by atomic mass is 79.9. The van der Waals surface area contributed by atoms with Crippen LogP contribution in [0.25, 0.3) is 32.9 Å². The Balaban J connectivity index is 2.22. The summed E-state index contributed by atoms with van der Waals surface area (Å²) in [4.78, 5) is 4.76. The maximum Gasteiger partial charge on any atom is 0.0727 e. The zero-order valence-electron chi connectivity index (χ0n) is 11.2. The van der Waals surface area contributed by atoms with Gasteiger partial charge >= 0.3 is 0 Å². The Morgan fingerprint density at radius 2 is 1.67 bits per heavy atom. The summed E-state index contributed by atoms with van der Waals surface area (Å²) in [5.74, 6) is 0. The Kier molecular flexibility index (Phi) is 2.97. The van der Waals surface area contributed by atoms with Crippen LogP contribution in [0.4, 0.5) is 0 Å². The molecule has 0 unspecified atom stereocenters. The minimum Gasteiger partial charge on any atom is -0.248 e. The normalized spacial score (nSPS) is 11.1. The molecule has 0 saturated carbocycles. The highest BCUT2D eigenvalue weighted by Crippen LogP contribution is 2.35. The van der Waals surface area contributed by atoms with Crippen LogP contribution in [0.3, 0.4) is 0 Å². The van der Waals surface area contributed by atoms with Gasteiger partial charge < -0.3 is 0 Å². The molecule has 1 aromatic heterocycles. The first-order chi connectivity index (χ1) is 10.3. The van der Waals surface area contributed by atoms with Gasteiger partial charge in [-0.1, -0.05) is 64.5 Å². The fraction of sp³-hybridized carbons (Fsp3) is 0. The Morgan fingerprint density at radius 3 is 2.52 bits per heavy atom. The van der Waals surface area contributed by atoms with Crippen LogP contribution in [0.2, 0.25) is 0 Å². The van der Waals surface area contributed by atoms with Crippen LogP contribution in [0, 0.1) is 6.07 Å². The SMILES string of the molecule is Brc1ccc2c(-c3ccccc3)c3cc[c]cc3nc2c1. The minimum absolute atomic E-state index is 0.974. The van der Waals surface area contributed by atoms with Gasteiger partial charge in [0.05, 0.1) is 11.0 Å². The van der Waals surface area contributed by atoms with Gasteiger partial charge in [0.1, 0.15) is 0 Å². The van der Waals surface area contributed by atoms with Gasteiger partial charge in [0.15, 0.2) is 0 Å². The summed E-state index contributed by atoms with van der Waals surface area (Å²) < 4.78 is 1.04. The van der Waals surface area contributed by atoms with Gasteiger partial charge in [0, 0.05) is 20.8 Å². The quantitative estimate of drug-likeness (QED) is 0.412. The van der Waals surface area contributed by atoms with E-state index in [4.69, 9.17) is 4.98 Å². The number of hydrogen-bond acceptors (Lipinski definition) is 1. The number of nitrogens with zero attached hydrogens (tertiary/aromatic N) is 1. The third-order valence-electron chi connectivity index (χ3n) is 3.64. The van der Waals surface area contributed by atoms with Crippen molar-refractivity contribution in [2.24, 2.45) is 0 Å². The van der Waals surface area contributed by atoms with Gasteiger partial charge in [-0.15, -0.1) is 0 Å². The van der Waals surface area contributed by atoms with E-state index in [0.29, 0.717) is 0 Å². The lowest BCUT2D eigenvalue weighted by Gasteiger charge is -2.11. The molecule has 4 rings (SSSR count). The third-order valence-corrected chi connectivity index (χ3v) is 4.14. The second-order valence-corrected chi connectivity index (χ2v) is 5.87. The van der Waals surface area contributed by atoms with E-state index in [0.717, 1.165) is 20.9 Å². The van der Waals surface area contributed by atoms with Gasteiger partial charge in [-0.3, -0.25) is 0 Å². The summed E-state index contributed by atoms with van der Waals surface area (Å²) in [6, 6.07) is 25.8. The largest absolute Gasteiger partial charge is 0.248 e. The zero-order valence-corrected chi connectivity index (χ0v) is 12.8. The molecule has 0 aliphatic carbocycles. The smallest absolute Gasteiger partial charge is 0.0727 e. The molecule has 0 N–H and O–H groups in total. The molecule has 99 valence electrons. The summed E-state index contributed by atoms with van der Waals surface area (Å²) in [6.07, 6.45) is 0. The number of rotatable bonds is 1. The molecule has 4 aromatic rings. The number of halogens is 1. The second-order valence-electron chi connectivity index (χ2n) is 4.96. The van der Waals surface area contributed by atoms with Crippen LogP contribution in [-0.2, 0) is 0 Å². The van der Waals surface area contributed by atoms with Crippen molar-refractivity contribution in [3.05, 3.63) is 77.3 Å². The molecule has 0 fully saturated rings. The topological polar surface area (TPSA) is 12.9 Å². The van der Waals surface area contributed by atoms with Crippen LogP contribution in [-0.4, -0.2) is 4.98 Å². The van der Waals surface area contributed by atoms with E-state index in [1.165, 1.54) is 16.5 Å². The molecular weight excluding hydrogens is 322 g/mol. The maximum absolute atomic E-state index is 4.76. The van der Waals surface area contributed by atoms with E-state index in [1.54, 1.807) is 0 Å². The van der Waals surface area contributed by atoms with E-state index >= 15 is 0 Å². The lowest BCUT2D eigenvalue weighted by Crippen LogP contribution is -1.89. The van der Waals surface area contributed by atoms with Crippen LogP contribution >= 0.6 is 15.9 Å². The number of benzene rings is 3. The molecule has 0 aliphatic rings. The highest BCUT2D eigenvalue weighted by molar-refractivity contribution is 9.10. The van der Waals surface area contributed by atoms with Gasteiger partial charge in [-0.2, -0.15) is 0 Å². The molecule has 0 bridgehead atoms. The lowest BCUT2D eigenvalue weighted by atomic mass is 9.96. The molecule has 1 nitrogen and oxygen atoms in total. The van der Waals surface area contributed by atoms with Crippen molar-refractivity contribution in [3.63, 3.8) is 0 Å². The molecule has 0 atom stereocenters. The predicted molar refractivity (Wildman–Crippen MR) is 91.2 cm³/mol. The molecule has 0 spiro atoms. The Morgan fingerprint density at radius 1 is 0.857 bits per heavy atom. The molecule has 2 heteroatoms. The molecular formula is C19H11BrN. The lowest BCUT2D eigenvalue weighted by molar-refractivity contribution is 1.48. The van der Waals surface area contributed by atoms with Crippen molar-refractivity contribution in [2.75, 3.05) is 0 Å². The Bertz CT molecular complexity index is 945. The molecule has 0 saturated heterocycles. The average molecular weight is 333 g/mol. The summed E-state index contributed by atoms with van der Waals surface area (Å²) in [7, 11) is 0. The number of hydrogen-bond donors (Lipinski definition) is 0. The number of fused-ring (bicyclic) bond motifs is 2. The molecule has 21 heavy (non-hydrogen) atoms. The van der Waals surface area contributed by atoms with Crippen molar-refractivity contribution >= 4 is 37.7 Å². The minimum atomic E-state index is 0.974. The summed E-state index contributed by atoms with van der Waals surface area (Å²) in [5.41, 5.74) is 4.41. The fourth-order valence-electron chi connectivity index (χ4n) is 2.72. The first-order valence-corrected chi connectivity index (χ1v) is 7.57. The first-order valence-electron chi connectivity index (χ1n) is 6.77. The number of pyridine rings is 1. The predicted octanol–water partition coefficient (Wildman–Crippen LogP) is 5.62. The molecule has 0 aliphatic heterocycles. The van der Waals surface area contributed by atoms with Crippen LogP contribution in [0.15, 0.2) is 71.2 Å². The fourth-order valence-corrected chi connectivity index (χ4v) is 3.07. The standard InChI is InChI=1S/C19H11BrN/c20-14-10-11-16-18(12-14)21-17-9-5-4-8-15(17)19(16)13-6-2-1-3-7-13/h1-4,6-12H. The molecule has 1 radical (unpaired) electrons. The van der Waals surface area contributed by atoms with Gasteiger partial charge in [-0.25, -0.2) is 4.98 Å². The monoisotopic (exact) mass is 332 g/mol. The maximum atomic E-state index is 4.76. The van der Waals surface area contributed by atoms with Crippen LogP contribution < -0.4 is 0 Å². The van der Waals surface area contributed by atoms with E-state index in [9.17, 15) is 0 Å². The van der Waals surface area contributed by atoms with Crippen LogP contribution in [0.1, 0.15) is 0 Å². The summed E-state index contributed by atoms with van der Waals surface area (Å²) in [5, 5.41) is 2.33. The third kappa shape index (κ3) is 2.12. The van der Waals surface area contributed by atoms with Crippen molar-refractivity contribution < 1.29 is 0 Å². The van der Waals surface area contributed by atoms with E-state index < -0.39 is 0 Å². The second kappa shape index (κ2) is 4.97. The van der Waals surface area contributed by atoms with E-state index in [-0.39, 0.29) is 0 Å². The van der Waals surface area contributed by atoms with Gasteiger partial charge in [-0.05, 0) is 29.8 Å². The average Bonchev–Trinajstić information content (AvgIpc) is 2.53. The van der Waals surface area contributed by atoms with Crippen molar-refractivity contribution in [2.45, 2.75) is 0 Å². The molecule has 3 aromatic carbocycles. The van der Waals surface area contributed by atoms with Gasteiger partial charge in [0.2, 0.25) is 0 Å². The molecule has 0 amide bonds. The first kappa shape index (κ1) is 12.5. The zero-order chi connectivity index (χ0) is 14.2. The Hall–Kier alpha value is -2.19. The van der Waals surface area contributed by atoms with Gasteiger partial charge in [0.25, 0.3) is 0 Å². The van der Waals surface area contributed by atoms with E-state index in [1.807, 2.05) is 18.2 Å². The summed E-state index contributed by atoms with van der Waals surface area (Å²) >= 11 is 3.53. The summed E-state index contributed by atoms with van der Waals surface area (Å²) in [6.45, 7) is 0. The Labute approximate surface area is 131 Å². The molecule has 1 heterocycles. The van der Waals surface area contributed by atoms with Crippen LogP contribution in [0.5, 0.6) is 0 Å². The van der Waals surface area contributed by atoms with E-state index in [2.05, 4.69) is 70.5 Å². The number of aromatic nitrogens is 1. The van der Waals surface area contributed by atoms with Crippen molar-refractivity contribution in [1.82, 2.24) is 4.98 Å². The highest BCUT2D eigenvalue weighted by Gasteiger charge is 2.10. The van der Waals surface area contributed by atoms with Crippen molar-refractivity contribution in [1.29, 1.82) is 0 Å².